The number of ether oxygens (including phenoxy) is 1. The van der Waals surface area contributed by atoms with Crippen LogP contribution in [0.25, 0.3) is 0 Å². The molecule has 0 aromatic heterocycles. The topological polar surface area (TPSA) is 38.3 Å². The van der Waals surface area contributed by atoms with E-state index in [0.717, 1.165) is 12.3 Å². The number of likely N-dealkylation sites (N-methyl/N-ethyl adjacent to an activating group) is 1. The van der Waals surface area contributed by atoms with E-state index in [2.05, 4.69) is 5.32 Å². The molecule has 3 heteroatoms. The molecule has 1 aliphatic rings. The van der Waals surface area contributed by atoms with E-state index >= 15 is 0 Å². The maximum Gasteiger partial charge on any atom is 0.326 e. The maximum absolute atomic E-state index is 11.6. The van der Waals surface area contributed by atoms with Crippen LogP contribution in [0.4, 0.5) is 0 Å². The second-order valence-corrected chi connectivity index (χ2v) is 3.95. The number of hydrogen-bond donors (Lipinski definition) is 1. The molecule has 1 unspecified atom stereocenters. The highest BCUT2D eigenvalue weighted by Crippen LogP contribution is 2.36. The van der Waals surface area contributed by atoms with Crippen molar-refractivity contribution in [3.05, 3.63) is 0 Å². The highest BCUT2D eigenvalue weighted by Gasteiger charge is 2.38. The first-order valence-electron chi connectivity index (χ1n) is 4.98. The van der Waals surface area contributed by atoms with Gasteiger partial charge < -0.3 is 10.1 Å². The first-order chi connectivity index (χ1) is 6.12. The molecule has 1 fully saturated rings. The predicted molar refractivity (Wildman–Crippen MR) is 51.4 cm³/mol. The second-order valence-electron chi connectivity index (χ2n) is 3.95. The number of esters is 1. The van der Waals surface area contributed by atoms with Crippen LogP contribution >= 0.6 is 0 Å². The highest BCUT2D eigenvalue weighted by molar-refractivity contribution is 5.80. The summed E-state index contributed by atoms with van der Waals surface area (Å²) in [5.41, 5.74) is -0.475. The Labute approximate surface area is 79.8 Å². The minimum Gasteiger partial charge on any atom is -0.465 e. The van der Waals surface area contributed by atoms with Gasteiger partial charge in [0.15, 0.2) is 0 Å². The number of hydrogen-bond acceptors (Lipinski definition) is 3. The number of carbonyl (C=O) groups is 1. The smallest absolute Gasteiger partial charge is 0.326 e. The minimum atomic E-state index is -0.475. The van der Waals surface area contributed by atoms with Crippen molar-refractivity contribution in [2.45, 2.75) is 38.6 Å². The molecule has 0 aromatic carbocycles. The molecular formula is C10H19NO2. The maximum atomic E-state index is 11.6. The van der Waals surface area contributed by atoms with Gasteiger partial charge in [0, 0.05) is 0 Å². The minimum absolute atomic E-state index is 0.121. The van der Waals surface area contributed by atoms with Crippen LogP contribution in [-0.2, 0) is 9.53 Å². The third-order valence-electron chi connectivity index (χ3n) is 2.67. The molecule has 1 N–H and O–H groups in total. The lowest BCUT2D eigenvalue weighted by atomic mass is 9.95. The first kappa shape index (κ1) is 10.5. The SMILES string of the molecule is CCOC(=O)C(C)(CC1CC1)NC. The molecular weight excluding hydrogens is 166 g/mol. The van der Waals surface area contributed by atoms with E-state index in [1.54, 1.807) is 0 Å². The average molecular weight is 185 g/mol. The summed E-state index contributed by atoms with van der Waals surface area (Å²) in [5.74, 6) is 0.603. The molecule has 0 aliphatic heterocycles. The summed E-state index contributed by atoms with van der Waals surface area (Å²) in [5, 5.41) is 3.06. The Kier molecular flexibility index (Phi) is 3.31. The third kappa shape index (κ3) is 2.69. The fourth-order valence-corrected chi connectivity index (χ4v) is 1.48. The molecule has 76 valence electrons. The van der Waals surface area contributed by atoms with Gasteiger partial charge in [-0.05, 0) is 33.2 Å². The van der Waals surface area contributed by atoms with Crippen LogP contribution in [0.2, 0.25) is 0 Å². The number of rotatable bonds is 5. The average Bonchev–Trinajstić information content (AvgIpc) is 2.88. The van der Waals surface area contributed by atoms with E-state index < -0.39 is 5.54 Å². The summed E-state index contributed by atoms with van der Waals surface area (Å²) >= 11 is 0. The summed E-state index contributed by atoms with van der Waals surface area (Å²) in [6, 6.07) is 0. The van der Waals surface area contributed by atoms with Crippen molar-refractivity contribution in [2.75, 3.05) is 13.7 Å². The molecule has 3 nitrogen and oxygen atoms in total. The molecule has 1 saturated carbocycles. The van der Waals surface area contributed by atoms with E-state index in [1.165, 1.54) is 12.8 Å². The van der Waals surface area contributed by atoms with Crippen molar-refractivity contribution in [3.63, 3.8) is 0 Å². The van der Waals surface area contributed by atoms with Gasteiger partial charge >= 0.3 is 5.97 Å². The van der Waals surface area contributed by atoms with Crippen molar-refractivity contribution >= 4 is 5.97 Å². The van der Waals surface area contributed by atoms with Gasteiger partial charge in [-0.2, -0.15) is 0 Å². The Morgan fingerprint density at radius 3 is 2.62 bits per heavy atom. The quantitative estimate of drug-likeness (QED) is 0.657. The van der Waals surface area contributed by atoms with Crippen LogP contribution in [0.15, 0.2) is 0 Å². The normalized spacial score (nSPS) is 20.8. The Bertz CT molecular complexity index is 189. The van der Waals surface area contributed by atoms with Crippen LogP contribution in [0, 0.1) is 5.92 Å². The standard InChI is InChI=1S/C10H19NO2/c1-4-13-9(12)10(2,11-3)7-8-5-6-8/h8,11H,4-7H2,1-3H3. The summed E-state index contributed by atoms with van der Waals surface area (Å²) in [6.07, 6.45) is 3.43. The van der Waals surface area contributed by atoms with Crippen molar-refractivity contribution in [1.82, 2.24) is 5.32 Å². The lowest BCUT2D eigenvalue weighted by Gasteiger charge is -2.26. The summed E-state index contributed by atoms with van der Waals surface area (Å²) < 4.78 is 5.03. The molecule has 1 atom stereocenters. The van der Waals surface area contributed by atoms with Crippen molar-refractivity contribution < 1.29 is 9.53 Å². The molecule has 1 aliphatic carbocycles. The van der Waals surface area contributed by atoms with Crippen LogP contribution in [-0.4, -0.2) is 25.2 Å². The third-order valence-corrected chi connectivity index (χ3v) is 2.67. The van der Waals surface area contributed by atoms with E-state index in [-0.39, 0.29) is 5.97 Å². The molecule has 0 aromatic rings. The first-order valence-corrected chi connectivity index (χ1v) is 4.98. The summed E-state index contributed by atoms with van der Waals surface area (Å²) in [7, 11) is 1.82. The van der Waals surface area contributed by atoms with Gasteiger partial charge in [-0.1, -0.05) is 12.8 Å². The Balaban J connectivity index is 2.49. The zero-order chi connectivity index (χ0) is 9.90. The van der Waals surface area contributed by atoms with Crippen LogP contribution in [0.5, 0.6) is 0 Å². The Hall–Kier alpha value is -0.570. The molecule has 0 saturated heterocycles. The van der Waals surface area contributed by atoms with E-state index in [9.17, 15) is 4.79 Å². The van der Waals surface area contributed by atoms with Crippen molar-refractivity contribution in [1.29, 1.82) is 0 Å². The zero-order valence-corrected chi connectivity index (χ0v) is 8.72. The van der Waals surface area contributed by atoms with Gasteiger partial charge in [0.25, 0.3) is 0 Å². The van der Waals surface area contributed by atoms with Crippen LogP contribution in [0.1, 0.15) is 33.1 Å². The summed E-state index contributed by atoms with van der Waals surface area (Å²) in [4.78, 5) is 11.6. The lowest BCUT2D eigenvalue weighted by molar-refractivity contribution is -0.150. The fraction of sp³-hybridized carbons (Fsp3) is 0.900. The molecule has 0 spiro atoms. The number of nitrogens with one attached hydrogen (secondary N) is 1. The molecule has 13 heavy (non-hydrogen) atoms. The van der Waals surface area contributed by atoms with E-state index in [4.69, 9.17) is 4.74 Å². The molecule has 0 amide bonds. The second kappa shape index (κ2) is 4.09. The largest absolute Gasteiger partial charge is 0.465 e. The molecule has 0 radical (unpaired) electrons. The Morgan fingerprint density at radius 2 is 2.23 bits per heavy atom. The lowest BCUT2D eigenvalue weighted by Crippen LogP contribution is -2.49. The number of carbonyl (C=O) groups excluding carboxylic acids is 1. The monoisotopic (exact) mass is 185 g/mol. The van der Waals surface area contributed by atoms with E-state index in [1.807, 2.05) is 20.9 Å². The van der Waals surface area contributed by atoms with Gasteiger partial charge in [-0.3, -0.25) is 4.79 Å². The van der Waals surface area contributed by atoms with Gasteiger partial charge in [-0.15, -0.1) is 0 Å². The van der Waals surface area contributed by atoms with Crippen LogP contribution < -0.4 is 5.32 Å². The molecule has 1 rings (SSSR count). The zero-order valence-electron chi connectivity index (χ0n) is 8.72. The van der Waals surface area contributed by atoms with Gasteiger partial charge in [0.1, 0.15) is 5.54 Å². The fourth-order valence-electron chi connectivity index (χ4n) is 1.48. The summed E-state index contributed by atoms with van der Waals surface area (Å²) in [6.45, 7) is 4.22. The van der Waals surface area contributed by atoms with Gasteiger partial charge in [0.2, 0.25) is 0 Å². The van der Waals surface area contributed by atoms with Crippen molar-refractivity contribution in [3.8, 4) is 0 Å². The Morgan fingerprint density at radius 1 is 1.62 bits per heavy atom. The van der Waals surface area contributed by atoms with Crippen molar-refractivity contribution in [2.24, 2.45) is 5.92 Å². The van der Waals surface area contributed by atoms with Gasteiger partial charge in [-0.25, -0.2) is 0 Å². The van der Waals surface area contributed by atoms with E-state index in [0.29, 0.717) is 6.61 Å². The highest BCUT2D eigenvalue weighted by atomic mass is 16.5. The predicted octanol–water partition coefficient (Wildman–Crippen LogP) is 1.33. The van der Waals surface area contributed by atoms with Gasteiger partial charge in [0.05, 0.1) is 6.61 Å². The molecule has 0 bridgehead atoms. The molecule has 0 heterocycles. The van der Waals surface area contributed by atoms with Crippen LogP contribution in [0.3, 0.4) is 0 Å².